The van der Waals surface area contributed by atoms with Crippen LogP contribution in [0.4, 0.5) is 13.2 Å². The Balaban J connectivity index is 2.65. The number of rotatable bonds is 2. The molecule has 1 aromatic heterocycles. The van der Waals surface area contributed by atoms with Gasteiger partial charge < -0.3 is 9.72 Å². The Morgan fingerprint density at radius 2 is 1.71 bits per heavy atom. The molecule has 3 nitrogen and oxygen atoms in total. The Morgan fingerprint density at radius 3 is 2.29 bits per heavy atom. The minimum absolute atomic E-state index is 0.137. The average Bonchev–Trinajstić information content (AvgIpc) is 2.39. The molecule has 0 aliphatic carbocycles. The molecule has 1 aromatic carbocycles. The zero-order chi connectivity index (χ0) is 15.8. The maximum Gasteiger partial charge on any atom is 0.416 e. The third kappa shape index (κ3) is 3.09. The Labute approximate surface area is 119 Å². The van der Waals surface area contributed by atoms with E-state index in [4.69, 9.17) is 4.74 Å². The topological polar surface area (TPSA) is 42.1 Å². The van der Waals surface area contributed by atoms with Crippen molar-refractivity contribution in [1.82, 2.24) is 4.98 Å². The highest BCUT2D eigenvalue weighted by atomic mass is 19.4. The summed E-state index contributed by atoms with van der Waals surface area (Å²) in [5.41, 5.74) is 0.417. The van der Waals surface area contributed by atoms with Crippen molar-refractivity contribution in [2.24, 2.45) is 0 Å². The molecule has 0 fully saturated rings. The molecular formula is C15H14F3NO2. The molecule has 2 rings (SSSR count). The smallest absolute Gasteiger partial charge is 0.416 e. The molecular weight excluding hydrogens is 283 g/mol. The van der Waals surface area contributed by atoms with Crippen molar-refractivity contribution >= 4 is 0 Å². The number of aromatic nitrogens is 1. The van der Waals surface area contributed by atoms with Crippen molar-refractivity contribution in [3.05, 3.63) is 51.3 Å². The van der Waals surface area contributed by atoms with Crippen LogP contribution in [0.3, 0.4) is 0 Å². The summed E-state index contributed by atoms with van der Waals surface area (Å²) in [4.78, 5) is 13.9. The summed E-state index contributed by atoms with van der Waals surface area (Å²) < 4.78 is 43.5. The van der Waals surface area contributed by atoms with Gasteiger partial charge in [0.2, 0.25) is 5.56 Å². The zero-order valence-electron chi connectivity index (χ0n) is 11.8. The molecule has 0 radical (unpaired) electrons. The van der Waals surface area contributed by atoms with Gasteiger partial charge in [0.1, 0.15) is 5.75 Å². The maximum atomic E-state index is 12.8. The number of H-pyrrole nitrogens is 1. The fraction of sp³-hybridized carbons (Fsp3) is 0.267. The number of hydrogen-bond acceptors (Lipinski definition) is 2. The van der Waals surface area contributed by atoms with Crippen molar-refractivity contribution in [1.29, 1.82) is 0 Å². The van der Waals surface area contributed by atoms with Crippen LogP contribution in [0.2, 0.25) is 0 Å². The third-order valence-corrected chi connectivity index (χ3v) is 3.20. The van der Waals surface area contributed by atoms with Crippen LogP contribution < -0.4 is 10.3 Å². The normalized spacial score (nSPS) is 11.5. The molecule has 0 saturated carbocycles. The highest BCUT2D eigenvalue weighted by molar-refractivity contribution is 5.67. The van der Waals surface area contributed by atoms with Crippen LogP contribution in [-0.4, -0.2) is 12.1 Å². The molecule has 1 N–H and O–H groups in total. The number of benzene rings is 1. The summed E-state index contributed by atoms with van der Waals surface area (Å²) in [5, 5.41) is 0. The first kappa shape index (κ1) is 15.2. The molecule has 0 saturated heterocycles. The van der Waals surface area contributed by atoms with E-state index >= 15 is 0 Å². The number of aromatic amines is 1. The largest absolute Gasteiger partial charge is 0.496 e. The zero-order valence-corrected chi connectivity index (χ0v) is 11.8. The lowest BCUT2D eigenvalue weighted by atomic mass is 10.0. The van der Waals surface area contributed by atoms with Gasteiger partial charge in [0.05, 0.1) is 12.7 Å². The van der Waals surface area contributed by atoms with Crippen molar-refractivity contribution < 1.29 is 17.9 Å². The summed E-state index contributed by atoms with van der Waals surface area (Å²) in [5.74, 6) is 0.644. The number of methoxy groups -OCH3 is 1. The molecule has 6 heteroatoms. The summed E-state index contributed by atoms with van der Waals surface area (Å²) in [6, 6.07) is 4.91. The lowest BCUT2D eigenvalue weighted by molar-refractivity contribution is -0.137. The van der Waals surface area contributed by atoms with Gasteiger partial charge in [-0.15, -0.1) is 0 Å². The summed E-state index contributed by atoms with van der Waals surface area (Å²) in [6.45, 7) is 3.53. The van der Waals surface area contributed by atoms with Gasteiger partial charge in [0.15, 0.2) is 0 Å². The van der Waals surface area contributed by atoms with Gasteiger partial charge >= 0.3 is 6.18 Å². The Bertz CT molecular complexity index is 733. The van der Waals surface area contributed by atoms with E-state index in [1.807, 2.05) is 0 Å². The van der Waals surface area contributed by atoms with Crippen LogP contribution in [0.1, 0.15) is 16.7 Å². The second-order valence-electron chi connectivity index (χ2n) is 4.78. The number of ether oxygens (including phenoxy) is 1. The maximum absolute atomic E-state index is 12.8. The van der Waals surface area contributed by atoms with Gasteiger partial charge in [-0.3, -0.25) is 4.79 Å². The molecule has 0 bridgehead atoms. The second kappa shape index (κ2) is 5.27. The minimum Gasteiger partial charge on any atom is -0.496 e. The fourth-order valence-electron chi connectivity index (χ4n) is 2.15. The van der Waals surface area contributed by atoms with Crippen LogP contribution >= 0.6 is 0 Å². The average molecular weight is 297 g/mol. The summed E-state index contributed by atoms with van der Waals surface area (Å²) in [7, 11) is 1.52. The molecule has 112 valence electrons. The van der Waals surface area contributed by atoms with Crippen LogP contribution in [0.25, 0.3) is 11.3 Å². The fourth-order valence-corrected chi connectivity index (χ4v) is 2.15. The molecule has 0 aliphatic heterocycles. The van der Waals surface area contributed by atoms with E-state index in [0.717, 1.165) is 11.6 Å². The highest BCUT2D eigenvalue weighted by Crippen LogP contribution is 2.33. The van der Waals surface area contributed by atoms with Crippen molar-refractivity contribution in [3.63, 3.8) is 0 Å². The van der Waals surface area contributed by atoms with Gasteiger partial charge in [-0.05, 0) is 43.2 Å². The second-order valence-corrected chi connectivity index (χ2v) is 4.78. The van der Waals surface area contributed by atoms with Gasteiger partial charge in [-0.25, -0.2) is 0 Å². The lowest BCUT2D eigenvalue weighted by Crippen LogP contribution is -2.14. The highest BCUT2D eigenvalue weighted by Gasteiger charge is 2.31. The van der Waals surface area contributed by atoms with E-state index in [-0.39, 0.29) is 5.69 Å². The quantitative estimate of drug-likeness (QED) is 0.918. The molecule has 0 unspecified atom stereocenters. The molecule has 0 spiro atoms. The lowest BCUT2D eigenvalue weighted by Gasteiger charge is -2.13. The first-order chi connectivity index (χ1) is 9.72. The van der Waals surface area contributed by atoms with Crippen LogP contribution in [-0.2, 0) is 6.18 Å². The van der Waals surface area contributed by atoms with E-state index < -0.39 is 17.3 Å². The summed E-state index contributed by atoms with van der Waals surface area (Å²) in [6.07, 6.45) is -4.56. The van der Waals surface area contributed by atoms with Crippen molar-refractivity contribution in [2.45, 2.75) is 20.0 Å². The van der Waals surface area contributed by atoms with Gasteiger partial charge in [-0.2, -0.15) is 13.2 Å². The summed E-state index contributed by atoms with van der Waals surface area (Å²) >= 11 is 0. The molecule has 1 heterocycles. The van der Waals surface area contributed by atoms with E-state index in [1.54, 1.807) is 26.0 Å². The Morgan fingerprint density at radius 1 is 1.05 bits per heavy atom. The van der Waals surface area contributed by atoms with Crippen LogP contribution in [0, 0.1) is 13.8 Å². The van der Waals surface area contributed by atoms with Crippen molar-refractivity contribution in [3.8, 4) is 17.0 Å². The van der Waals surface area contributed by atoms with Crippen LogP contribution in [0.15, 0.2) is 29.1 Å². The predicted octanol–water partition coefficient (Wildman–Crippen LogP) is 3.69. The first-order valence-corrected chi connectivity index (χ1v) is 6.19. The Kier molecular flexibility index (Phi) is 3.80. The number of aryl methyl sites for hydroxylation is 2. The molecule has 21 heavy (non-hydrogen) atoms. The van der Waals surface area contributed by atoms with Gasteiger partial charge in [0.25, 0.3) is 0 Å². The van der Waals surface area contributed by atoms with E-state index in [2.05, 4.69) is 4.98 Å². The monoisotopic (exact) mass is 297 g/mol. The first-order valence-electron chi connectivity index (χ1n) is 6.19. The van der Waals surface area contributed by atoms with E-state index in [9.17, 15) is 18.0 Å². The molecule has 0 atom stereocenters. The number of halogens is 3. The molecule has 2 aromatic rings. The standard InChI is InChI=1S/C15H14F3NO2/c1-8-5-13(21-3)9(2)4-11(8)12-6-10(15(16,17)18)7-14(20)19-12/h4-7H,1-3H3,(H,19,20). The molecule has 0 amide bonds. The minimum atomic E-state index is -4.56. The SMILES string of the molecule is COc1cc(C)c(-c2cc(C(F)(F)F)cc(=O)[nH]2)cc1C. The number of hydrogen-bond donors (Lipinski definition) is 1. The third-order valence-electron chi connectivity index (χ3n) is 3.20. The van der Waals surface area contributed by atoms with E-state index in [0.29, 0.717) is 22.9 Å². The van der Waals surface area contributed by atoms with Crippen LogP contribution in [0.5, 0.6) is 5.75 Å². The number of alkyl halides is 3. The van der Waals surface area contributed by atoms with E-state index in [1.165, 1.54) is 7.11 Å². The molecule has 0 aliphatic rings. The van der Waals surface area contributed by atoms with Crippen molar-refractivity contribution in [2.75, 3.05) is 7.11 Å². The number of nitrogens with one attached hydrogen (secondary N) is 1. The Hall–Kier alpha value is -2.24. The van der Waals surface area contributed by atoms with Gasteiger partial charge in [-0.1, -0.05) is 0 Å². The predicted molar refractivity (Wildman–Crippen MR) is 73.5 cm³/mol. The van der Waals surface area contributed by atoms with Gasteiger partial charge in [0, 0.05) is 17.3 Å². The number of pyridine rings is 1.